The van der Waals surface area contributed by atoms with Crippen LogP contribution in [0.3, 0.4) is 0 Å². The van der Waals surface area contributed by atoms with Gasteiger partial charge in [-0.2, -0.15) is 0 Å². The molecule has 0 saturated carbocycles. The van der Waals surface area contributed by atoms with Crippen molar-refractivity contribution in [3.63, 3.8) is 0 Å². The van der Waals surface area contributed by atoms with E-state index in [-0.39, 0.29) is 20.0 Å². The van der Waals surface area contributed by atoms with Crippen LogP contribution in [0.4, 0.5) is 0 Å². The van der Waals surface area contributed by atoms with Gasteiger partial charge >= 0.3 is 0 Å². The van der Waals surface area contributed by atoms with Gasteiger partial charge in [0.1, 0.15) is 38.1 Å². The van der Waals surface area contributed by atoms with E-state index in [0.717, 1.165) is 11.4 Å². The minimum atomic E-state index is -0.629. The van der Waals surface area contributed by atoms with Crippen molar-refractivity contribution < 1.29 is 29.3 Å². The topological polar surface area (TPSA) is 72.6 Å². The second-order valence-corrected chi connectivity index (χ2v) is 6.07. The molecule has 0 fully saturated rings. The van der Waals surface area contributed by atoms with Crippen LogP contribution in [-0.4, -0.2) is 49.4 Å². The van der Waals surface area contributed by atoms with Crippen LogP contribution in [0.1, 0.15) is 5.56 Å². The molecule has 1 heterocycles. The maximum Gasteiger partial charge on any atom is 0.231 e. The van der Waals surface area contributed by atoms with E-state index < -0.39 is 6.10 Å². The molecular weight excluding hydrogens is 322 g/mol. The molecule has 0 amide bonds. The molecule has 0 aromatic heterocycles. The van der Waals surface area contributed by atoms with Gasteiger partial charge in [-0.15, -0.1) is 0 Å². The molecule has 1 aliphatic heterocycles. The largest absolute Gasteiger partial charge is 0.491 e. The third kappa shape index (κ3) is 5.09. The lowest BCUT2D eigenvalue weighted by molar-refractivity contribution is -0.917. The van der Waals surface area contributed by atoms with Crippen LogP contribution in [0.15, 0.2) is 48.5 Å². The zero-order valence-corrected chi connectivity index (χ0v) is 14.1. The van der Waals surface area contributed by atoms with E-state index in [0.29, 0.717) is 30.3 Å². The Morgan fingerprint density at radius 2 is 1.88 bits per heavy atom. The molecule has 0 bridgehead atoms. The van der Waals surface area contributed by atoms with E-state index in [1.807, 2.05) is 30.3 Å². The smallest absolute Gasteiger partial charge is 0.231 e. The highest BCUT2D eigenvalue weighted by Gasteiger charge is 2.18. The van der Waals surface area contributed by atoms with Gasteiger partial charge in [-0.3, -0.25) is 0 Å². The van der Waals surface area contributed by atoms with Gasteiger partial charge in [0.2, 0.25) is 6.79 Å². The first kappa shape index (κ1) is 17.5. The third-order valence-corrected chi connectivity index (χ3v) is 4.07. The second kappa shape index (κ2) is 8.71. The van der Waals surface area contributed by atoms with Crippen molar-refractivity contribution in [2.45, 2.75) is 12.6 Å². The maximum absolute atomic E-state index is 10.3. The van der Waals surface area contributed by atoms with Crippen LogP contribution in [0.5, 0.6) is 17.2 Å². The number of benzene rings is 2. The number of nitrogens with one attached hydrogen (secondary N) is 1. The molecule has 25 heavy (non-hydrogen) atoms. The Labute approximate surface area is 147 Å². The Bertz CT molecular complexity index is 664. The van der Waals surface area contributed by atoms with Crippen LogP contribution in [0.25, 0.3) is 0 Å². The number of hydrogen-bond acceptors (Lipinski definition) is 5. The minimum absolute atomic E-state index is 0.0813. The molecule has 3 rings (SSSR count). The van der Waals surface area contributed by atoms with E-state index in [4.69, 9.17) is 14.2 Å². The molecule has 0 saturated heterocycles. The summed E-state index contributed by atoms with van der Waals surface area (Å²) in [5, 5.41) is 19.6. The predicted molar refractivity (Wildman–Crippen MR) is 92.0 cm³/mol. The quantitative estimate of drug-likeness (QED) is 0.606. The number of rotatable bonds is 9. The molecule has 0 radical (unpaired) electrons. The monoisotopic (exact) mass is 346 g/mol. The van der Waals surface area contributed by atoms with Crippen molar-refractivity contribution in [2.75, 3.05) is 33.1 Å². The first-order valence-corrected chi connectivity index (χ1v) is 8.43. The number of quaternary nitrogens is 1. The first-order chi connectivity index (χ1) is 12.2. The number of ether oxygens (including phenoxy) is 3. The Morgan fingerprint density at radius 3 is 2.68 bits per heavy atom. The van der Waals surface area contributed by atoms with Crippen LogP contribution >= 0.6 is 0 Å². The number of aliphatic hydroxyl groups is 2. The predicted octanol–water partition coefficient (Wildman–Crippen LogP) is 0.232. The molecule has 1 aliphatic rings. The van der Waals surface area contributed by atoms with Gasteiger partial charge < -0.3 is 29.3 Å². The summed E-state index contributed by atoms with van der Waals surface area (Å²) in [6.07, 6.45) is -0.629. The van der Waals surface area contributed by atoms with E-state index in [1.54, 1.807) is 18.2 Å². The van der Waals surface area contributed by atoms with E-state index in [2.05, 4.69) is 0 Å². The highest BCUT2D eigenvalue weighted by atomic mass is 16.7. The second-order valence-electron chi connectivity index (χ2n) is 6.07. The van der Waals surface area contributed by atoms with Gasteiger partial charge in [0.25, 0.3) is 0 Å². The van der Waals surface area contributed by atoms with Crippen molar-refractivity contribution in [3.05, 3.63) is 54.1 Å². The molecule has 0 spiro atoms. The summed E-state index contributed by atoms with van der Waals surface area (Å²) in [7, 11) is 0. The lowest BCUT2D eigenvalue weighted by atomic mass is 10.2. The maximum atomic E-state index is 10.3. The van der Waals surface area contributed by atoms with Crippen LogP contribution in [0.2, 0.25) is 0 Å². The third-order valence-electron chi connectivity index (χ3n) is 4.07. The van der Waals surface area contributed by atoms with Crippen LogP contribution < -0.4 is 19.1 Å². The highest BCUT2D eigenvalue weighted by Crippen LogP contribution is 2.35. The normalized spacial score (nSPS) is 15.0. The zero-order valence-electron chi connectivity index (χ0n) is 14.1. The molecule has 2 atom stereocenters. The SMILES string of the molecule is OCC[NH+](Cc1ccccc1)C[C@H](O)COc1ccc2c(c1)OCO2. The summed E-state index contributed by atoms with van der Waals surface area (Å²) in [5.74, 6) is 1.99. The summed E-state index contributed by atoms with van der Waals surface area (Å²) < 4.78 is 16.2. The lowest BCUT2D eigenvalue weighted by Gasteiger charge is -2.22. The molecule has 6 nitrogen and oxygen atoms in total. The standard InChI is InChI=1S/C19H23NO5/c21-9-8-20(11-15-4-2-1-3-5-15)12-16(22)13-23-17-6-7-18-19(10-17)25-14-24-18/h1-7,10,16,21-22H,8-9,11-14H2/p+1/t16-/m0/s1. The number of hydrogen-bond donors (Lipinski definition) is 3. The molecule has 0 aliphatic carbocycles. The average molecular weight is 346 g/mol. The van der Waals surface area contributed by atoms with Crippen molar-refractivity contribution in [2.24, 2.45) is 0 Å². The van der Waals surface area contributed by atoms with Gasteiger partial charge in [0, 0.05) is 11.6 Å². The number of fused-ring (bicyclic) bond motifs is 1. The molecule has 6 heteroatoms. The summed E-state index contributed by atoms with van der Waals surface area (Å²) in [6, 6.07) is 15.4. The summed E-state index contributed by atoms with van der Waals surface area (Å²) in [4.78, 5) is 1.11. The molecule has 3 N–H and O–H groups in total. The molecule has 2 aromatic carbocycles. The first-order valence-electron chi connectivity index (χ1n) is 8.43. The molecular formula is C19H24NO5+. The molecule has 134 valence electrons. The minimum Gasteiger partial charge on any atom is -0.491 e. The Morgan fingerprint density at radius 1 is 1.08 bits per heavy atom. The van der Waals surface area contributed by atoms with E-state index in [9.17, 15) is 10.2 Å². The fourth-order valence-electron chi connectivity index (χ4n) is 2.86. The fourth-order valence-corrected chi connectivity index (χ4v) is 2.86. The van der Waals surface area contributed by atoms with Crippen molar-refractivity contribution in [1.82, 2.24) is 0 Å². The van der Waals surface area contributed by atoms with Gasteiger partial charge in [-0.25, -0.2) is 0 Å². The van der Waals surface area contributed by atoms with Crippen molar-refractivity contribution >= 4 is 0 Å². The van der Waals surface area contributed by atoms with Crippen molar-refractivity contribution in [3.8, 4) is 17.2 Å². The van der Waals surface area contributed by atoms with Crippen LogP contribution in [-0.2, 0) is 6.54 Å². The van der Waals surface area contributed by atoms with Gasteiger partial charge in [-0.1, -0.05) is 30.3 Å². The Kier molecular flexibility index (Phi) is 6.11. The molecule has 1 unspecified atom stereocenters. The average Bonchev–Trinajstić information content (AvgIpc) is 3.09. The van der Waals surface area contributed by atoms with Gasteiger partial charge in [0.05, 0.1) is 6.61 Å². The summed E-state index contributed by atoms with van der Waals surface area (Å²) in [5.41, 5.74) is 1.18. The Balaban J connectivity index is 1.50. The Hall–Kier alpha value is -2.28. The fraction of sp³-hybridized carbons (Fsp3) is 0.368. The van der Waals surface area contributed by atoms with Crippen LogP contribution in [0, 0.1) is 0 Å². The number of aliphatic hydroxyl groups excluding tert-OH is 2. The lowest BCUT2D eigenvalue weighted by Crippen LogP contribution is -3.12. The van der Waals surface area contributed by atoms with Gasteiger partial charge in [0.15, 0.2) is 11.5 Å². The zero-order chi connectivity index (χ0) is 17.5. The van der Waals surface area contributed by atoms with Crippen molar-refractivity contribution in [1.29, 1.82) is 0 Å². The van der Waals surface area contributed by atoms with Gasteiger partial charge in [-0.05, 0) is 12.1 Å². The van der Waals surface area contributed by atoms with E-state index in [1.165, 1.54) is 5.56 Å². The molecule has 2 aromatic rings. The highest BCUT2D eigenvalue weighted by molar-refractivity contribution is 5.46. The van der Waals surface area contributed by atoms with E-state index >= 15 is 0 Å². The summed E-state index contributed by atoms with van der Waals surface area (Å²) in [6.45, 7) is 2.32. The summed E-state index contributed by atoms with van der Waals surface area (Å²) >= 11 is 0.